The van der Waals surface area contributed by atoms with Gasteiger partial charge in [-0.2, -0.15) is 0 Å². The van der Waals surface area contributed by atoms with Gasteiger partial charge in [-0.25, -0.2) is 0 Å². The number of nitrogens with zero attached hydrogens (tertiary/aromatic N) is 1. The van der Waals surface area contributed by atoms with Crippen molar-refractivity contribution in [2.75, 3.05) is 0 Å². The lowest BCUT2D eigenvalue weighted by Gasteiger charge is -2.32. The first-order valence-electron chi connectivity index (χ1n) is 10.3. The molecule has 0 unspecified atom stereocenters. The maximum Gasteiger partial charge on any atom is 0.246 e. The van der Waals surface area contributed by atoms with Crippen molar-refractivity contribution in [2.45, 2.75) is 44.3 Å². The molecular formula is C24H25N3O2. The molecule has 29 heavy (non-hydrogen) atoms. The highest BCUT2D eigenvalue weighted by molar-refractivity contribution is 5.92. The first kappa shape index (κ1) is 18.0. The first-order chi connectivity index (χ1) is 14.1. The predicted molar refractivity (Wildman–Crippen MR) is 112 cm³/mol. The van der Waals surface area contributed by atoms with Crippen molar-refractivity contribution in [3.63, 3.8) is 0 Å². The second-order valence-corrected chi connectivity index (χ2v) is 8.36. The molecule has 5 nitrogen and oxygen atoms in total. The minimum Gasteiger partial charge on any atom is -0.361 e. The van der Waals surface area contributed by atoms with Gasteiger partial charge in [0.1, 0.15) is 6.04 Å². The van der Waals surface area contributed by atoms with Crippen LogP contribution in [0.15, 0.2) is 60.8 Å². The maximum atomic E-state index is 13.7. The molecule has 2 fully saturated rings. The summed E-state index contributed by atoms with van der Waals surface area (Å²) in [5.41, 5.74) is 3.25. The monoisotopic (exact) mass is 387 g/mol. The highest BCUT2D eigenvalue weighted by Gasteiger charge is 2.47. The molecule has 3 heterocycles. The maximum absolute atomic E-state index is 13.7. The summed E-state index contributed by atoms with van der Waals surface area (Å²) in [6.07, 6.45) is 3.68. The lowest BCUT2D eigenvalue weighted by Crippen LogP contribution is -2.47. The average Bonchev–Trinajstić information content (AvgIpc) is 3.25. The van der Waals surface area contributed by atoms with Gasteiger partial charge < -0.3 is 15.2 Å². The molecule has 0 saturated carbocycles. The van der Waals surface area contributed by atoms with Crippen LogP contribution in [0, 0.1) is 5.92 Å². The Morgan fingerprint density at radius 2 is 1.79 bits per heavy atom. The van der Waals surface area contributed by atoms with Crippen molar-refractivity contribution in [1.29, 1.82) is 0 Å². The molecule has 0 radical (unpaired) electrons. The Morgan fingerprint density at radius 1 is 1.03 bits per heavy atom. The van der Waals surface area contributed by atoms with Crippen LogP contribution >= 0.6 is 0 Å². The van der Waals surface area contributed by atoms with E-state index in [0.717, 1.165) is 28.5 Å². The summed E-state index contributed by atoms with van der Waals surface area (Å²) in [7, 11) is 0. The lowest BCUT2D eigenvalue weighted by molar-refractivity contribution is -0.136. The van der Waals surface area contributed by atoms with Gasteiger partial charge in [0.25, 0.3) is 0 Å². The van der Waals surface area contributed by atoms with Crippen LogP contribution in [0.1, 0.15) is 36.9 Å². The molecule has 2 aliphatic heterocycles. The zero-order valence-corrected chi connectivity index (χ0v) is 16.5. The Bertz CT molecular complexity index is 1060. The molecule has 1 aromatic heterocycles. The van der Waals surface area contributed by atoms with Crippen molar-refractivity contribution in [2.24, 2.45) is 5.92 Å². The Morgan fingerprint density at radius 3 is 2.62 bits per heavy atom. The fraction of sp³-hybridized carbons (Fsp3) is 0.333. The molecule has 0 spiro atoms. The molecule has 0 aliphatic carbocycles. The van der Waals surface area contributed by atoms with E-state index in [9.17, 15) is 9.59 Å². The van der Waals surface area contributed by atoms with Crippen LogP contribution in [-0.4, -0.2) is 33.8 Å². The summed E-state index contributed by atoms with van der Waals surface area (Å²) >= 11 is 0. The standard InChI is InChI=1S/C24H25N3O2/c1-15-11-18-13-22(28)26-21(12-17-14-25-20-10-6-5-9-19(17)20)24(29)27(18)23(15)16-7-3-2-4-8-16/h2-10,14-15,18,21,23,25H,11-13H2,1H3,(H,26,28)/t15-,18-,21-,23+/m0/s1. The van der Waals surface area contributed by atoms with E-state index in [-0.39, 0.29) is 23.9 Å². The molecule has 0 bridgehead atoms. The molecule has 5 rings (SSSR count). The zero-order chi connectivity index (χ0) is 20.0. The Balaban J connectivity index is 1.49. The van der Waals surface area contributed by atoms with Crippen LogP contribution < -0.4 is 5.32 Å². The SMILES string of the molecule is C[C@H]1C[C@H]2CC(=O)N[C@@H](Cc3c[nH]c4ccccc34)C(=O)N2[C@H]1c1ccccc1. The van der Waals surface area contributed by atoms with Crippen molar-refractivity contribution >= 4 is 22.7 Å². The van der Waals surface area contributed by atoms with Gasteiger partial charge >= 0.3 is 0 Å². The van der Waals surface area contributed by atoms with Gasteiger partial charge in [0.2, 0.25) is 11.8 Å². The van der Waals surface area contributed by atoms with Gasteiger partial charge in [-0.3, -0.25) is 9.59 Å². The average molecular weight is 387 g/mol. The highest BCUT2D eigenvalue weighted by Crippen LogP contribution is 2.43. The number of aromatic amines is 1. The minimum atomic E-state index is -0.539. The number of aromatic nitrogens is 1. The number of hydrogen-bond donors (Lipinski definition) is 2. The molecule has 3 aromatic rings. The molecule has 2 saturated heterocycles. The molecule has 5 heteroatoms. The lowest BCUT2D eigenvalue weighted by atomic mass is 9.94. The van der Waals surface area contributed by atoms with E-state index < -0.39 is 6.04 Å². The molecule has 4 atom stereocenters. The van der Waals surface area contributed by atoms with Gasteiger partial charge in [0, 0.05) is 36.0 Å². The molecule has 2 aromatic carbocycles. The number of rotatable bonds is 3. The van der Waals surface area contributed by atoms with Gasteiger partial charge in [-0.05, 0) is 29.5 Å². The Labute approximate surface area is 170 Å². The summed E-state index contributed by atoms with van der Waals surface area (Å²) in [5, 5.41) is 4.10. The third-order valence-corrected chi connectivity index (χ3v) is 6.42. The Kier molecular flexibility index (Phi) is 4.38. The highest BCUT2D eigenvalue weighted by atomic mass is 16.2. The number of fused-ring (bicyclic) bond motifs is 2. The van der Waals surface area contributed by atoms with Crippen molar-refractivity contribution < 1.29 is 9.59 Å². The van der Waals surface area contributed by atoms with E-state index in [1.165, 1.54) is 0 Å². The van der Waals surface area contributed by atoms with Crippen LogP contribution in [0.25, 0.3) is 10.9 Å². The van der Waals surface area contributed by atoms with Crippen molar-refractivity contribution in [3.8, 4) is 0 Å². The van der Waals surface area contributed by atoms with Crippen LogP contribution in [0.3, 0.4) is 0 Å². The van der Waals surface area contributed by atoms with Crippen molar-refractivity contribution in [1.82, 2.24) is 15.2 Å². The Hall–Kier alpha value is -3.08. The number of carbonyl (C=O) groups is 2. The molecule has 2 amide bonds. The third kappa shape index (κ3) is 3.11. The van der Waals surface area contributed by atoms with Crippen LogP contribution in [0.5, 0.6) is 0 Å². The van der Waals surface area contributed by atoms with E-state index >= 15 is 0 Å². The number of benzene rings is 2. The number of para-hydroxylation sites is 1. The first-order valence-corrected chi connectivity index (χ1v) is 10.3. The molecular weight excluding hydrogens is 362 g/mol. The van der Waals surface area contributed by atoms with E-state index in [0.29, 0.717) is 18.8 Å². The number of carbonyl (C=O) groups excluding carboxylic acids is 2. The predicted octanol–water partition coefficient (Wildman–Crippen LogP) is 3.58. The zero-order valence-electron chi connectivity index (χ0n) is 16.5. The fourth-order valence-electron chi connectivity index (χ4n) is 5.18. The van der Waals surface area contributed by atoms with Crippen LogP contribution in [0.2, 0.25) is 0 Å². The smallest absolute Gasteiger partial charge is 0.246 e. The molecule has 148 valence electrons. The third-order valence-electron chi connectivity index (χ3n) is 6.42. The fourth-order valence-corrected chi connectivity index (χ4v) is 5.18. The van der Waals surface area contributed by atoms with E-state index in [1.807, 2.05) is 47.5 Å². The summed E-state index contributed by atoms with van der Waals surface area (Å²) in [5.74, 6) is 0.326. The van der Waals surface area contributed by atoms with Crippen LogP contribution in [-0.2, 0) is 16.0 Å². The molecule has 2 aliphatic rings. The molecule has 2 N–H and O–H groups in total. The second kappa shape index (κ2) is 7.07. The van der Waals surface area contributed by atoms with E-state index in [4.69, 9.17) is 0 Å². The number of nitrogens with one attached hydrogen (secondary N) is 2. The minimum absolute atomic E-state index is 0.0202. The number of H-pyrrole nitrogens is 1. The van der Waals surface area contributed by atoms with Crippen molar-refractivity contribution in [3.05, 3.63) is 71.9 Å². The topological polar surface area (TPSA) is 65.2 Å². The summed E-state index contributed by atoms with van der Waals surface area (Å²) < 4.78 is 0. The summed E-state index contributed by atoms with van der Waals surface area (Å²) in [6.45, 7) is 2.19. The quantitative estimate of drug-likeness (QED) is 0.721. The van der Waals surface area contributed by atoms with Crippen LogP contribution in [0.4, 0.5) is 0 Å². The van der Waals surface area contributed by atoms with Gasteiger partial charge in [0.05, 0.1) is 6.04 Å². The second-order valence-electron chi connectivity index (χ2n) is 8.36. The normalized spacial score (nSPS) is 27.0. The summed E-state index contributed by atoms with van der Waals surface area (Å²) in [6, 6.07) is 17.7. The van der Waals surface area contributed by atoms with E-state index in [1.54, 1.807) is 0 Å². The van der Waals surface area contributed by atoms with E-state index in [2.05, 4.69) is 35.4 Å². The van der Waals surface area contributed by atoms with Gasteiger partial charge in [0.15, 0.2) is 0 Å². The van der Waals surface area contributed by atoms with Gasteiger partial charge in [-0.1, -0.05) is 55.5 Å². The number of amides is 2. The largest absolute Gasteiger partial charge is 0.361 e. The summed E-state index contributed by atoms with van der Waals surface area (Å²) in [4.78, 5) is 31.6. The number of hydrogen-bond acceptors (Lipinski definition) is 2. The van der Waals surface area contributed by atoms with Gasteiger partial charge in [-0.15, -0.1) is 0 Å².